The molecule has 0 aliphatic carbocycles. The van der Waals surface area contributed by atoms with Crippen LogP contribution in [0.4, 0.5) is 0 Å². The number of amides is 1. The maximum absolute atomic E-state index is 12.2. The molecule has 106 valence electrons. The molecule has 1 saturated heterocycles. The average Bonchev–Trinajstić information content (AvgIpc) is 2.47. The van der Waals surface area contributed by atoms with Crippen molar-refractivity contribution in [1.29, 1.82) is 0 Å². The summed E-state index contributed by atoms with van der Waals surface area (Å²) in [6, 6.07) is 0. The van der Waals surface area contributed by atoms with E-state index in [1.54, 1.807) is 0 Å². The third-order valence-corrected chi connectivity index (χ3v) is 4.83. The molecule has 1 heterocycles. The van der Waals surface area contributed by atoms with Crippen LogP contribution in [-0.2, 0) is 4.79 Å². The molecule has 0 aromatic rings. The van der Waals surface area contributed by atoms with Crippen molar-refractivity contribution in [2.75, 3.05) is 18.8 Å². The lowest BCUT2D eigenvalue weighted by atomic mass is 9.81. The van der Waals surface area contributed by atoms with Gasteiger partial charge in [-0.15, -0.1) is 0 Å². The van der Waals surface area contributed by atoms with Crippen LogP contribution in [0.2, 0.25) is 0 Å². The first-order chi connectivity index (χ1) is 8.38. The zero-order chi connectivity index (χ0) is 13.8. The highest BCUT2D eigenvalue weighted by atomic mass is 32.1. The maximum Gasteiger partial charge on any atom is 0.222 e. The number of thiol groups is 1. The van der Waals surface area contributed by atoms with E-state index in [0.717, 1.165) is 37.6 Å². The Hall–Kier alpha value is -0.180. The van der Waals surface area contributed by atoms with Crippen LogP contribution in [0, 0.1) is 17.3 Å². The third kappa shape index (κ3) is 4.49. The molecular formula is C15H29NOS. The predicted molar refractivity (Wildman–Crippen MR) is 81.0 cm³/mol. The smallest absolute Gasteiger partial charge is 0.222 e. The molecule has 18 heavy (non-hydrogen) atoms. The molecule has 0 bridgehead atoms. The van der Waals surface area contributed by atoms with E-state index < -0.39 is 0 Å². The van der Waals surface area contributed by atoms with E-state index in [-0.39, 0.29) is 5.41 Å². The number of carbonyl (C=O) groups excluding carboxylic acids is 1. The summed E-state index contributed by atoms with van der Waals surface area (Å²) in [5, 5.41) is 0. The Kier molecular flexibility index (Phi) is 6.03. The number of likely N-dealkylation sites (tertiary alicyclic amines) is 1. The van der Waals surface area contributed by atoms with E-state index in [0.29, 0.717) is 11.8 Å². The summed E-state index contributed by atoms with van der Waals surface area (Å²) in [7, 11) is 0. The molecule has 2 atom stereocenters. The van der Waals surface area contributed by atoms with Crippen LogP contribution in [0.5, 0.6) is 0 Å². The van der Waals surface area contributed by atoms with E-state index in [9.17, 15) is 4.79 Å². The molecule has 1 amide bonds. The normalized spacial score (nSPS) is 23.9. The van der Waals surface area contributed by atoms with Gasteiger partial charge in [0, 0.05) is 19.5 Å². The van der Waals surface area contributed by atoms with Gasteiger partial charge in [-0.3, -0.25) is 4.79 Å². The maximum atomic E-state index is 12.2. The Labute approximate surface area is 118 Å². The second-order valence-electron chi connectivity index (χ2n) is 6.69. The highest BCUT2D eigenvalue weighted by Crippen LogP contribution is 2.29. The number of rotatable bonds is 4. The largest absolute Gasteiger partial charge is 0.342 e. The molecule has 1 aliphatic rings. The quantitative estimate of drug-likeness (QED) is 0.774. The lowest BCUT2D eigenvalue weighted by molar-refractivity contribution is -0.131. The number of hydrogen-bond acceptors (Lipinski definition) is 2. The summed E-state index contributed by atoms with van der Waals surface area (Å²) in [4.78, 5) is 14.2. The van der Waals surface area contributed by atoms with Gasteiger partial charge in [-0.25, -0.2) is 0 Å². The van der Waals surface area contributed by atoms with Crippen molar-refractivity contribution >= 4 is 18.5 Å². The Morgan fingerprint density at radius 1 is 1.39 bits per heavy atom. The molecule has 1 aliphatic heterocycles. The van der Waals surface area contributed by atoms with Crippen molar-refractivity contribution in [2.24, 2.45) is 17.3 Å². The zero-order valence-electron chi connectivity index (χ0n) is 12.4. The molecule has 0 saturated carbocycles. The van der Waals surface area contributed by atoms with Gasteiger partial charge in [0.25, 0.3) is 0 Å². The molecule has 2 unspecified atom stereocenters. The molecule has 0 N–H and O–H groups in total. The summed E-state index contributed by atoms with van der Waals surface area (Å²) in [6.07, 6.45) is 4.19. The predicted octanol–water partition coefficient (Wildman–Crippen LogP) is 3.62. The van der Waals surface area contributed by atoms with E-state index in [1.165, 1.54) is 12.8 Å². The minimum Gasteiger partial charge on any atom is -0.342 e. The van der Waals surface area contributed by atoms with Gasteiger partial charge in [-0.05, 0) is 35.8 Å². The monoisotopic (exact) mass is 271 g/mol. The molecule has 1 rings (SSSR count). The van der Waals surface area contributed by atoms with Gasteiger partial charge >= 0.3 is 0 Å². The fourth-order valence-electron chi connectivity index (χ4n) is 2.57. The van der Waals surface area contributed by atoms with Crippen LogP contribution < -0.4 is 0 Å². The van der Waals surface area contributed by atoms with Gasteiger partial charge in [0.1, 0.15) is 0 Å². The first-order valence-electron chi connectivity index (χ1n) is 7.27. The standard InChI is InChI=1S/C15H29NOS/c1-5-12-6-7-14(17)16(9-8-12)10-13(11-18)15(2,3)4/h12-13,18H,5-11H2,1-4H3. The summed E-state index contributed by atoms with van der Waals surface area (Å²) in [5.41, 5.74) is 0.221. The minimum atomic E-state index is 0.221. The number of carbonyl (C=O) groups is 1. The van der Waals surface area contributed by atoms with Crippen LogP contribution in [0.25, 0.3) is 0 Å². The molecule has 0 aromatic heterocycles. The Morgan fingerprint density at radius 3 is 2.56 bits per heavy atom. The van der Waals surface area contributed by atoms with Crippen molar-refractivity contribution in [1.82, 2.24) is 4.90 Å². The van der Waals surface area contributed by atoms with Gasteiger partial charge in [-0.1, -0.05) is 34.1 Å². The number of hydrogen-bond donors (Lipinski definition) is 1. The van der Waals surface area contributed by atoms with Crippen LogP contribution >= 0.6 is 12.6 Å². The van der Waals surface area contributed by atoms with Crippen molar-refractivity contribution in [3.63, 3.8) is 0 Å². The summed E-state index contributed by atoms with van der Waals surface area (Å²) in [5.74, 6) is 2.41. The SMILES string of the molecule is CCC1CCC(=O)N(CC(CS)C(C)(C)C)CC1. The Bertz CT molecular complexity index is 272. The van der Waals surface area contributed by atoms with E-state index >= 15 is 0 Å². The Balaban J connectivity index is 2.62. The summed E-state index contributed by atoms with van der Waals surface area (Å²) in [6.45, 7) is 10.8. The van der Waals surface area contributed by atoms with Crippen LogP contribution in [0.15, 0.2) is 0 Å². The second-order valence-corrected chi connectivity index (χ2v) is 7.05. The van der Waals surface area contributed by atoms with Gasteiger partial charge in [-0.2, -0.15) is 12.6 Å². The fourth-order valence-corrected chi connectivity index (χ4v) is 3.23. The molecular weight excluding hydrogens is 242 g/mol. The molecule has 3 heteroatoms. The first-order valence-corrected chi connectivity index (χ1v) is 7.90. The molecule has 1 fully saturated rings. The van der Waals surface area contributed by atoms with Gasteiger partial charge in [0.05, 0.1) is 0 Å². The summed E-state index contributed by atoms with van der Waals surface area (Å²) < 4.78 is 0. The average molecular weight is 271 g/mol. The Morgan fingerprint density at radius 2 is 2.06 bits per heavy atom. The van der Waals surface area contributed by atoms with E-state index in [1.807, 2.05) is 0 Å². The molecule has 2 nitrogen and oxygen atoms in total. The highest BCUT2D eigenvalue weighted by Gasteiger charge is 2.29. The van der Waals surface area contributed by atoms with Crippen LogP contribution in [0.3, 0.4) is 0 Å². The van der Waals surface area contributed by atoms with Crippen molar-refractivity contribution < 1.29 is 4.79 Å². The molecule has 0 radical (unpaired) electrons. The topological polar surface area (TPSA) is 20.3 Å². The van der Waals surface area contributed by atoms with E-state index in [2.05, 4.69) is 45.2 Å². The molecule has 0 aromatic carbocycles. The second kappa shape index (κ2) is 6.83. The third-order valence-electron chi connectivity index (χ3n) is 4.39. The first kappa shape index (κ1) is 15.9. The zero-order valence-corrected chi connectivity index (χ0v) is 13.3. The highest BCUT2D eigenvalue weighted by molar-refractivity contribution is 7.80. The van der Waals surface area contributed by atoms with Crippen LogP contribution in [-0.4, -0.2) is 29.6 Å². The summed E-state index contributed by atoms with van der Waals surface area (Å²) >= 11 is 4.46. The van der Waals surface area contributed by atoms with Crippen molar-refractivity contribution in [3.8, 4) is 0 Å². The van der Waals surface area contributed by atoms with Gasteiger partial charge < -0.3 is 4.90 Å². The van der Waals surface area contributed by atoms with Gasteiger partial charge in [0.2, 0.25) is 5.91 Å². The minimum absolute atomic E-state index is 0.221. The van der Waals surface area contributed by atoms with E-state index in [4.69, 9.17) is 0 Å². The van der Waals surface area contributed by atoms with Gasteiger partial charge in [0.15, 0.2) is 0 Å². The molecule has 0 spiro atoms. The van der Waals surface area contributed by atoms with Crippen LogP contribution in [0.1, 0.15) is 53.4 Å². The number of nitrogens with zero attached hydrogens (tertiary/aromatic N) is 1. The van der Waals surface area contributed by atoms with Crippen molar-refractivity contribution in [3.05, 3.63) is 0 Å². The fraction of sp³-hybridized carbons (Fsp3) is 0.933. The van der Waals surface area contributed by atoms with Crippen molar-refractivity contribution in [2.45, 2.75) is 53.4 Å². The lowest BCUT2D eigenvalue weighted by Crippen LogP contribution is -2.40. The lowest BCUT2D eigenvalue weighted by Gasteiger charge is -2.34.